The van der Waals surface area contributed by atoms with Gasteiger partial charge in [0.05, 0.1) is 11.2 Å². The molecule has 0 saturated heterocycles. The molecule has 0 aliphatic rings. The summed E-state index contributed by atoms with van der Waals surface area (Å²) in [4.78, 5) is 4.93. The van der Waals surface area contributed by atoms with Crippen LogP contribution in [0.4, 0.5) is 0 Å². The molecule has 4 rings (SSSR count). The van der Waals surface area contributed by atoms with Crippen LogP contribution >= 0.6 is 0 Å². The van der Waals surface area contributed by atoms with Crippen LogP contribution < -0.4 is 0 Å². The van der Waals surface area contributed by atoms with Crippen molar-refractivity contribution in [3.05, 3.63) is 77.9 Å². The van der Waals surface area contributed by atoms with E-state index in [1.54, 1.807) is 0 Å². The van der Waals surface area contributed by atoms with Crippen molar-refractivity contribution < 1.29 is 5.11 Å². The number of pyridine rings is 1. The highest BCUT2D eigenvalue weighted by atomic mass is 16.2. The lowest BCUT2D eigenvalue weighted by Gasteiger charge is -2.12. The van der Waals surface area contributed by atoms with E-state index in [9.17, 15) is 5.11 Å². The average molecular weight is 313 g/mol. The summed E-state index contributed by atoms with van der Waals surface area (Å²) in [7, 11) is 0. The van der Waals surface area contributed by atoms with Crippen molar-refractivity contribution in [2.24, 2.45) is 0 Å². The van der Waals surface area contributed by atoms with Crippen LogP contribution in [0.5, 0.6) is 0 Å². The summed E-state index contributed by atoms with van der Waals surface area (Å²) in [6.07, 6.45) is 0.607. The molecule has 0 fully saturated rings. The Labute approximate surface area is 141 Å². The highest BCUT2D eigenvalue weighted by Gasteiger charge is 2.11. The number of hydrogen-bond donors (Lipinski definition) is 1. The van der Waals surface area contributed by atoms with Crippen LogP contribution in [0.15, 0.2) is 66.7 Å². The number of aromatic nitrogens is 1. The quantitative estimate of drug-likeness (QED) is 0.546. The Morgan fingerprint density at radius 3 is 2.46 bits per heavy atom. The zero-order valence-electron chi connectivity index (χ0n) is 13.7. The van der Waals surface area contributed by atoms with E-state index in [0.29, 0.717) is 6.42 Å². The maximum absolute atomic E-state index is 9.49. The van der Waals surface area contributed by atoms with E-state index in [0.717, 1.165) is 27.7 Å². The summed E-state index contributed by atoms with van der Waals surface area (Å²) in [6, 6.07) is 23.2. The van der Waals surface area contributed by atoms with Gasteiger partial charge in [-0.3, -0.25) is 0 Å². The standard InChI is InChI=1S/C22H19NO/c1-15-6-8-17(9-7-15)22-18(12-13-24)14-20-19-5-3-2-4-16(19)10-11-21(20)23-22/h2-11,14,24H,12-13H2,1H3. The summed E-state index contributed by atoms with van der Waals surface area (Å²) < 4.78 is 0. The maximum Gasteiger partial charge on any atom is 0.0742 e. The van der Waals surface area contributed by atoms with Gasteiger partial charge in [-0.2, -0.15) is 0 Å². The largest absolute Gasteiger partial charge is 0.396 e. The second-order valence-corrected chi connectivity index (χ2v) is 6.19. The fourth-order valence-electron chi connectivity index (χ4n) is 3.24. The van der Waals surface area contributed by atoms with Crippen LogP contribution in [0.1, 0.15) is 11.1 Å². The SMILES string of the molecule is Cc1ccc(-c2nc3ccc4ccccc4c3cc2CCO)cc1. The summed E-state index contributed by atoms with van der Waals surface area (Å²) >= 11 is 0. The molecule has 0 spiro atoms. The van der Waals surface area contributed by atoms with E-state index in [1.807, 2.05) is 0 Å². The molecule has 118 valence electrons. The van der Waals surface area contributed by atoms with Crippen molar-refractivity contribution in [1.29, 1.82) is 0 Å². The Morgan fingerprint density at radius 2 is 1.67 bits per heavy atom. The van der Waals surface area contributed by atoms with E-state index in [4.69, 9.17) is 4.98 Å². The molecule has 1 aromatic heterocycles. The van der Waals surface area contributed by atoms with Crippen LogP contribution in [0.2, 0.25) is 0 Å². The van der Waals surface area contributed by atoms with Crippen LogP contribution in [-0.2, 0) is 6.42 Å². The topological polar surface area (TPSA) is 33.1 Å². The molecular formula is C22H19NO. The second-order valence-electron chi connectivity index (χ2n) is 6.19. The lowest BCUT2D eigenvalue weighted by molar-refractivity contribution is 0.299. The first-order valence-corrected chi connectivity index (χ1v) is 8.25. The smallest absolute Gasteiger partial charge is 0.0742 e. The van der Waals surface area contributed by atoms with Crippen molar-refractivity contribution in [2.75, 3.05) is 6.61 Å². The van der Waals surface area contributed by atoms with Gasteiger partial charge in [-0.05, 0) is 41.8 Å². The van der Waals surface area contributed by atoms with Gasteiger partial charge >= 0.3 is 0 Å². The van der Waals surface area contributed by atoms with Crippen molar-refractivity contribution in [3.8, 4) is 11.3 Å². The number of benzene rings is 3. The zero-order chi connectivity index (χ0) is 16.5. The Bertz CT molecular complexity index is 1020. The first-order valence-electron chi connectivity index (χ1n) is 8.25. The number of nitrogens with zero attached hydrogens (tertiary/aromatic N) is 1. The molecular weight excluding hydrogens is 294 g/mol. The Morgan fingerprint density at radius 1 is 0.875 bits per heavy atom. The predicted molar refractivity (Wildman–Crippen MR) is 100 cm³/mol. The number of rotatable bonds is 3. The van der Waals surface area contributed by atoms with Gasteiger partial charge in [0.1, 0.15) is 0 Å². The van der Waals surface area contributed by atoms with Crippen LogP contribution in [0.3, 0.4) is 0 Å². The molecule has 0 amide bonds. The highest BCUT2D eigenvalue weighted by molar-refractivity contribution is 6.06. The van der Waals surface area contributed by atoms with Crippen LogP contribution in [0, 0.1) is 6.92 Å². The van der Waals surface area contributed by atoms with Crippen LogP contribution in [0.25, 0.3) is 32.9 Å². The minimum Gasteiger partial charge on any atom is -0.396 e. The van der Waals surface area contributed by atoms with E-state index in [1.165, 1.54) is 16.3 Å². The molecule has 0 aliphatic carbocycles. The van der Waals surface area contributed by atoms with Gasteiger partial charge in [-0.25, -0.2) is 4.98 Å². The lowest BCUT2D eigenvalue weighted by Crippen LogP contribution is -1.98. The van der Waals surface area contributed by atoms with Crippen molar-refractivity contribution in [2.45, 2.75) is 13.3 Å². The van der Waals surface area contributed by atoms with Gasteiger partial charge < -0.3 is 5.11 Å². The molecule has 3 aromatic carbocycles. The summed E-state index contributed by atoms with van der Waals surface area (Å²) in [5.41, 5.74) is 5.37. The van der Waals surface area contributed by atoms with E-state index in [-0.39, 0.29) is 6.61 Å². The maximum atomic E-state index is 9.49. The first-order chi connectivity index (χ1) is 11.8. The summed E-state index contributed by atoms with van der Waals surface area (Å²) in [6.45, 7) is 2.20. The molecule has 1 N–H and O–H groups in total. The summed E-state index contributed by atoms with van der Waals surface area (Å²) in [5, 5.41) is 13.1. The van der Waals surface area contributed by atoms with E-state index < -0.39 is 0 Å². The van der Waals surface area contributed by atoms with Gasteiger partial charge in [0.2, 0.25) is 0 Å². The third-order valence-electron chi connectivity index (χ3n) is 4.51. The number of fused-ring (bicyclic) bond motifs is 3. The third-order valence-corrected chi connectivity index (χ3v) is 4.51. The minimum atomic E-state index is 0.122. The van der Waals surface area contributed by atoms with Crippen LogP contribution in [-0.4, -0.2) is 16.7 Å². The molecule has 0 bridgehead atoms. The number of hydrogen-bond acceptors (Lipinski definition) is 2. The molecule has 2 heteroatoms. The predicted octanol–water partition coefficient (Wildman–Crippen LogP) is 4.90. The molecule has 4 aromatic rings. The normalized spacial score (nSPS) is 11.2. The van der Waals surface area contributed by atoms with E-state index >= 15 is 0 Å². The molecule has 0 unspecified atom stereocenters. The van der Waals surface area contributed by atoms with Crippen molar-refractivity contribution in [3.63, 3.8) is 0 Å². The number of aliphatic hydroxyl groups is 1. The number of aliphatic hydroxyl groups excluding tert-OH is 1. The minimum absolute atomic E-state index is 0.122. The van der Waals surface area contributed by atoms with Gasteiger partial charge in [0.25, 0.3) is 0 Å². The zero-order valence-corrected chi connectivity index (χ0v) is 13.7. The van der Waals surface area contributed by atoms with Crippen molar-refractivity contribution in [1.82, 2.24) is 4.98 Å². The molecule has 0 radical (unpaired) electrons. The number of aryl methyl sites for hydroxylation is 1. The van der Waals surface area contributed by atoms with Gasteiger partial charge in [-0.1, -0.05) is 60.2 Å². The third kappa shape index (κ3) is 2.55. The molecule has 0 atom stereocenters. The first kappa shape index (κ1) is 14.9. The van der Waals surface area contributed by atoms with E-state index in [2.05, 4.69) is 73.7 Å². The molecule has 24 heavy (non-hydrogen) atoms. The lowest BCUT2D eigenvalue weighted by atomic mass is 9.98. The second kappa shape index (κ2) is 6.06. The molecule has 0 saturated carbocycles. The Balaban J connectivity index is 2.01. The fraction of sp³-hybridized carbons (Fsp3) is 0.136. The molecule has 0 aliphatic heterocycles. The fourth-order valence-corrected chi connectivity index (χ4v) is 3.24. The molecule has 1 heterocycles. The monoisotopic (exact) mass is 313 g/mol. The van der Waals surface area contributed by atoms with Gasteiger partial charge in [0, 0.05) is 17.6 Å². The molecule has 2 nitrogen and oxygen atoms in total. The van der Waals surface area contributed by atoms with Gasteiger partial charge in [0.15, 0.2) is 0 Å². The Hall–Kier alpha value is -2.71. The van der Waals surface area contributed by atoms with Gasteiger partial charge in [-0.15, -0.1) is 0 Å². The Kier molecular flexibility index (Phi) is 3.75. The average Bonchev–Trinajstić information content (AvgIpc) is 2.62. The highest BCUT2D eigenvalue weighted by Crippen LogP contribution is 2.30. The van der Waals surface area contributed by atoms with Crippen molar-refractivity contribution >= 4 is 21.7 Å². The summed E-state index contributed by atoms with van der Waals surface area (Å²) in [5.74, 6) is 0.